The van der Waals surface area contributed by atoms with E-state index < -0.39 is 0 Å². The lowest BCUT2D eigenvalue weighted by Gasteiger charge is -2.17. The number of likely N-dealkylation sites (tertiary alicyclic amines) is 1. The molecular weight excluding hydrogens is 312 g/mol. The van der Waals surface area contributed by atoms with E-state index >= 15 is 0 Å². The lowest BCUT2D eigenvalue weighted by Crippen LogP contribution is -2.30. The Morgan fingerprint density at radius 3 is 2.56 bits per heavy atom. The molecule has 25 heavy (non-hydrogen) atoms. The van der Waals surface area contributed by atoms with E-state index in [1.165, 1.54) is 5.56 Å². The molecule has 1 aliphatic heterocycles. The van der Waals surface area contributed by atoms with Gasteiger partial charge in [-0.1, -0.05) is 48.5 Å². The van der Waals surface area contributed by atoms with Crippen LogP contribution < -0.4 is 10.5 Å². The topological polar surface area (TPSA) is 55.6 Å². The average molecular weight is 338 g/mol. The van der Waals surface area contributed by atoms with Gasteiger partial charge in [0.15, 0.2) is 0 Å². The molecule has 2 N–H and O–H groups in total. The number of ether oxygens (including phenoxy) is 1. The number of nitrogens with zero attached hydrogens (tertiary/aromatic N) is 1. The van der Waals surface area contributed by atoms with Crippen LogP contribution in [0.15, 0.2) is 54.6 Å². The maximum Gasteiger partial charge on any atom is 0.222 e. The number of para-hydroxylation sites is 1. The molecule has 1 amide bonds. The normalized spacial score (nSPS) is 19.8. The number of rotatable bonds is 6. The fraction of sp³-hybridized carbons (Fsp3) is 0.381. The van der Waals surface area contributed by atoms with E-state index in [9.17, 15) is 4.79 Å². The molecule has 3 rings (SSSR count). The van der Waals surface area contributed by atoms with Crippen molar-refractivity contribution in [3.05, 3.63) is 65.7 Å². The summed E-state index contributed by atoms with van der Waals surface area (Å²) in [5, 5.41) is 0. The van der Waals surface area contributed by atoms with Gasteiger partial charge >= 0.3 is 0 Å². The monoisotopic (exact) mass is 338 g/mol. The van der Waals surface area contributed by atoms with E-state index in [-0.39, 0.29) is 5.91 Å². The highest BCUT2D eigenvalue weighted by atomic mass is 16.5. The summed E-state index contributed by atoms with van der Waals surface area (Å²) in [5.74, 6) is 1.71. The second kappa shape index (κ2) is 8.17. The Kier molecular flexibility index (Phi) is 5.71. The number of hydrogen-bond acceptors (Lipinski definition) is 3. The molecule has 1 fully saturated rings. The van der Waals surface area contributed by atoms with Crippen LogP contribution in [0.1, 0.15) is 23.5 Å². The Morgan fingerprint density at radius 2 is 1.84 bits per heavy atom. The molecule has 1 aliphatic rings. The highest BCUT2D eigenvalue weighted by Gasteiger charge is 2.34. The predicted molar refractivity (Wildman–Crippen MR) is 99.6 cm³/mol. The van der Waals surface area contributed by atoms with Crippen molar-refractivity contribution in [2.45, 2.75) is 18.8 Å². The van der Waals surface area contributed by atoms with Gasteiger partial charge in [0.05, 0.1) is 7.11 Å². The average Bonchev–Trinajstić information content (AvgIpc) is 3.11. The Morgan fingerprint density at radius 1 is 1.12 bits per heavy atom. The first kappa shape index (κ1) is 17.5. The van der Waals surface area contributed by atoms with E-state index in [0.29, 0.717) is 31.2 Å². The third kappa shape index (κ3) is 4.02. The molecule has 0 unspecified atom stereocenters. The molecule has 1 saturated heterocycles. The fourth-order valence-electron chi connectivity index (χ4n) is 3.70. The van der Waals surface area contributed by atoms with Crippen molar-refractivity contribution in [1.82, 2.24) is 4.90 Å². The molecule has 4 heteroatoms. The van der Waals surface area contributed by atoms with Gasteiger partial charge in [0.1, 0.15) is 5.75 Å². The molecule has 132 valence electrons. The van der Waals surface area contributed by atoms with Gasteiger partial charge in [-0.25, -0.2) is 0 Å². The molecule has 1 heterocycles. The summed E-state index contributed by atoms with van der Waals surface area (Å²) in [6, 6.07) is 18.3. The minimum atomic E-state index is 0.197. The molecule has 0 aliphatic carbocycles. The zero-order valence-corrected chi connectivity index (χ0v) is 14.7. The second-order valence-electron chi connectivity index (χ2n) is 6.62. The van der Waals surface area contributed by atoms with Gasteiger partial charge in [0.25, 0.3) is 0 Å². The smallest absolute Gasteiger partial charge is 0.222 e. The van der Waals surface area contributed by atoms with E-state index in [4.69, 9.17) is 10.5 Å². The quantitative estimate of drug-likeness (QED) is 0.881. The third-order valence-corrected chi connectivity index (χ3v) is 5.12. The van der Waals surface area contributed by atoms with Gasteiger partial charge in [-0.15, -0.1) is 0 Å². The van der Waals surface area contributed by atoms with Crippen LogP contribution in [0.2, 0.25) is 0 Å². The van der Waals surface area contributed by atoms with Crippen molar-refractivity contribution in [3.8, 4) is 5.75 Å². The van der Waals surface area contributed by atoms with Crippen molar-refractivity contribution in [1.29, 1.82) is 0 Å². The van der Waals surface area contributed by atoms with E-state index in [1.54, 1.807) is 7.11 Å². The number of carbonyl (C=O) groups is 1. The molecular formula is C21H26N2O2. The van der Waals surface area contributed by atoms with E-state index in [1.807, 2.05) is 35.2 Å². The number of aryl methyl sites for hydroxylation is 1. The number of nitrogens with two attached hydrogens (primary N) is 1. The fourth-order valence-corrected chi connectivity index (χ4v) is 3.70. The standard InChI is InChI=1S/C21H26N2O2/c1-25-20-10-6-5-9-17(20)11-12-21(24)23-14-18(13-22)19(15-23)16-7-3-2-4-8-16/h2-10,18-19H,11-15,22H2,1H3/t18-,19+/m1/s1. The van der Waals surface area contributed by atoms with Crippen molar-refractivity contribution in [2.24, 2.45) is 11.7 Å². The van der Waals surface area contributed by atoms with Crippen molar-refractivity contribution < 1.29 is 9.53 Å². The van der Waals surface area contributed by atoms with Crippen molar-refractivity contribution >= 4 is 5.91 Å². The molecule has 4 nitrogen and oxygen atoms in total. The van der Waals surface area contributed by atoms with Crippen LogP contribution in [-0.4, -0.2) is 37.6 Å². The van der Waals surface area contributed by atoms with Crippen LogP contribution in [-0.2, 0) is 11.2 Å². The van der Waals surface area contributed by atoms with E-state index in [2.05, 4.69) is 24.3 Å². The van der Waals surface area contributed by atoms with Gasteiger partial charge in [-0.2, -0.15) is 0 Å². The number of methoxy groups -OCH3 is 1. The summed E-state index contributed by atoms with van der Waals surface area (Å²) in [4.78, 5) is 14.7. The Balaban J connectivity index is 1.63. The first-order valence-electron chi connectivity index (χ1n) is 8.87. The van der Waals surface area contributed by atoms with Crippen molar-refractivity contribution in [3.63, 3.8) is 0 Å². The van der Waals surface area contributed by atoms with Crippen LogP contribution in [0.25, 0.3) is 0 Å². The highest BCUT2D eigenvalue weighted by Crippen LogP contribution is 2.32. The summed E-state index contributed by atoms with van der Waals surface area (Å²) in [6.07, 6.45) is 1.20. The first-order chi connectivity index (χ1) is 12.2. The van der Waals surface area contributed by atoms with Gasteiger partial charge in [0.2, 0.25) is 5.91 Å². The number of benzene rings is 2. The lowest BCUT2D eigenvalue weighted by molar-refractivity contribution is -0.130. The summed E-state index contributed by atoms with van der Waals surface area (Å²) >= 11 is 0. The second-order valence-corrected chi connectivity index (χ2v) is 6.62. The number of carbonyl (C=O) groups excluding carboxylic acids is 1. The zero-order valence-electron chi connectivity index (χ0n) is 14.7. The summed E-state index contributed by atoms with van der Waals surface area (Å²) in [7, 11) is 1.66. The lowest BCUT2D eigenvalue weighted by atomic mass is 9.89. The molecule has 0 spiro atoms. The maximum atomic E-state index is 12.7. The summed E-state index contributed by atoms with van der Waals surface area (Å²) < 4.78 is 5.37. The van der Waals surface area contributed by atoms with Crippen LogP contribution in [0.5, 0.6) is 5.75 Å². The molecule has 0 aromatic heterocycles. The van der Waals surface area contributed by atoms with Crippen LogP contribution in [0, 0.1) is 5.92 Å². The highest BCUT2D eigenvalue weighted by molar-refractivity contribution is 5.77. The molecule has 0 bridgehead atoms. The van der Waals surface area contributed by atoms with Gasteiger partial charge < -0.3 is 15.4 Å². The predicted octanol–water partition coefficient (Wildman–Crippen LogP) is 2.83. The van der Waals surface area contributed by atoms with E-state index in [0.717, 1.165) is 24.4 Å². The minimum Gasteiger partial charge on any atom is -0.496 e. The third-order valence-electron chi connectivity index (χ3n) is 5.12. The molecule has 2 aromatic carbocycles. The molecule has 0 saturated carbocycles. The van der Waals surface area contributed by atoms with Gasteiger partial charge in [-0.3, -0.25) is 4.79 Å². The Labute approximate surface area is 149 Å². The largest absolute Gasteiger partial charge is 0.496 e. The van der Waals surface area contributed by atoms with Crippen molar-refractivity contribution in [2.75, 3.05) is 26.7 Å². The minimum absolute atomic E-state index is 0.197. The summed E-state index contributed by atoms with van der Waals surface area (Å²) in [5.41, 5.74) is 8.32. The van der Waals surface area contributed by atoms with Crippen LogP contribution >= 0.6 is 0 Å². The number of hydrogen-bond donors (Lipinski definition) is 1. The van der Waals surface area contributed by atoms with Gasteiger partial charge in [-0.05, 0) is 36.1 Å². The SMILES string of the molecule is COc1ccccc1CCC(=O)N1C[C@@H](CN)[C@H](c2ccccc2)C1. The van der Waals surface area contributed by atoms with Gasteiger partial charge in [0, 0.05) is 25.4 Å². The summed E-state index contributed by atoms with van der Waals surface area (Å²) in [6.45, 7) is 2.12. The Hall–Kier alpha value is -2.33. The zero-order chi connectivity index (χ0) is 17.6. The number of amides is 1. The molecule has 2 atom stereocenters. The molecule has 0 radical (unpaired) electrons. The van der Waals surface area contributed by atoms with Crippen LogP contribution in [0.4, 0.5) is 0 Å². The molecule has 2 aromatic rings. The first-order valence-corrected chi connectivity index (χ1v) is 8.87. The maximum absolute atomic E-state index is 12.7. The Bertz CT molecular complexity index is 702. The van der Waals surface area contributed by atoms with Crippen LogP contribution in [0.3, 0.4) is 0 Å².